The van der Waals surface area contributed by atoms with Crippen molar-refractivity contribution in [2.75, 3.05) is 7.05 Å². The highest BCUT2D eigenvalue weighted by Gasteiger charge is 2.19. The first-order valence-electron chi connectivity index (χ1n) is 6.51. The zero-order valence-electron chi connectivity index (χ0n) is 12.6. The molecule has 1 aromatic heterocycles. The van der Waals surface area contributed by atoms with Crippen molar-refractivity contribution < 1.29 is 4.79 Å². The minimum Gasteiger partial charge on any atom is -0.338 e. The molecule has 0 aliphatic heterocycles. The monoisotopic (exact) mass is 361 g/mol. The fraction of sp³-hybridized carbons (Fsp3) is 0.333. The highest BCUT2D eigenvalue weighted by Crippen LogP contribution is 2.11. The van der Waals surface area contributed by atoms with E-state index in [4.69, 9.17) is 5.73 Å². The number of benzene rings is 1. The number of nitrogens with zero attached hydrogens (tertiary/aromatic N) is 2. The summed E-state index contributed by atoms with van der Waals surface area (Å²) in [6.45, 7) is 2.46. The van der Waals surface area contributed by atoms with Crippen molar-refractivity contribution in [3.8, 4) is 0 Å². The third-order valence-corrected chi connectivity index (χ3v) is 3.88. The second-order valence-electron chi connectivity index (χ2n) is 4.85. The van der Waals surface area contributed by atoms with E-state index >= 15 is 0 Å². The summed E-state index contributed by atoms with van der Waals surface area (Å²) in [5.74, 6) is -0.0560. The maximum Gasteiger partial charge on any atom is 0.239 e. The molecule has 22 heavy (non-hydrogen) atoms. The lowest BCUT2D eigenvalue weighted by molar-refractivity contribution is -0.131. The van der Waals surface area contributed by atoms with Gasteiger partial charge in [0.25, 0.3) is 0 Å². The van der Waals surface area contributed by atoms with Gasteiger partial charge in [0.1, 0.15) is 0 Å². The molecule has 1 heterocycles. The van der Waals surface area contributed by atoms with Gasteiger partial charge in [-0.15, -0.1) is 36.2 Å². The number of hydrogen-bond acceptors (Lipinski definition) is 4. The topological polar surface area (TPSA) is 59.2 Å². The molecule has 0 unspecified atom stereocenters. The first-order chi connectivity index (χ1) is 9.56. The first kappa shape index (κ1) is 20.9. The van der Waals surface area contributed by atoms with E-state index in [9.17, 15) is 4.79 Å². The number of rotatable bonds is 5. The van der Waals surface area contributed by atoms with Gasteiger partial charge in [-0.2, -0.15) is 0 Å². The van der Waals surface area contributed by atoms with Gasteiger partial charge < -0.3 is 10.6 Å². The van der Waals surface area contributed by atoms with Crippen LogP contribution >= 0.6 is 36.2 Å². The summed E-state index contributed by atoms with van der Waals surface area (Å²) in [7, 11) is 1.77. The lowest BCUT2D eigenvalue weighted by atomic mass is 10.1. The van der Waals surface area contributed by atoms with Crippen LogP contribution in [0, 0.1) is 6.92 Å². The van der Waals surface area contributed by atoms with Crippen LogP contribution in [0.4, 0.5) is 0 Å². The van der Waals surface area contributed by atoms with E-state index in [1.165, 1.54) is 0 Å². The Bertz CT molecular complexity index is 577. The Morgan fingerprint density at radius 2 is 1.95 bits per heavy atom. The molecule has 0 aliphatic carbocycles. The van der Waals surface area contributed by atoms with Gasteiger partial charge in [0.15, 0.2) is 0 Å². The molecule has 0 bridgehead atoms. The minimum absolute atomic E-state index is 0. The van der Waals surface area contributed by atoms with Gasteiger partial charge in [0.05, 0.1) is 23.3 Å². The third kappa shape index (κ3) is 5.93. The van der Waals surface area contributed by atoms with E-state index < -0.39 is 6.04 Å². The number of thiazole rings is 1. The van der Waals surface area contributed by atoms with Crippen LogP contribution in [0.3, 0.4) is 0 Å². The van der Waals surface area contributed by atoms with Gasteiger partial charge >= 0.3 is 0 Å². The second-order valence-corrected chi connectivity index (χ2v) is 5.91. The van der Waals surface area contributed by atoms with Crippen LogP contribution < -0.4 is 5.73 Å². The fourth-order valence-electron chi connectivity index (χ4n) is 2.04. The predicted molar refractivity (Wildman–Crippen MR) is 95.9 cm³/mol. The quantitative estimate of drug-likeness (QED) is 0.890. The van der Waals surface area contributed by atoms with Crippen molar-refractivity contribution in [1.82, 2.24) is 9.88 Å². The lowest BCUT2D eigenvalue weighted by Crippen LogP contribution is -2.42. The van der Waals surface area contributed by atoms with Crippen molar-refractivity contribution in [3.63, 3.8) is 0 Å². The molecular formula is C15H21Cl2N3OS. The summed E-state index contributed by atoms with van der Waals surface area (Å²) in [5.41, 5.74) is 7.99. The van der Waals surface area contributed by atoms with Gasteiger partial charge in [-0.25, -0.2) is 4.98 Å². The zero-order chi connectivity index (χ0) is 14.5. The first-order valence-corrected chi connectivity index (χ1v) is 7.39. The Kier molecular flexibility index (Phi) is 9.28. The molecule has 4 nitrogen and oxygen atoms in total. The standard InChI is InChI=1S/C15H19N3OS.2ClH/c1-11-17-13(10-20-11)9-18(2)15(19)14(16)8-12-6-4-3-5-7-12;;/h3-7,10,14H,8-9,16H2,1-2H3;2*1H/t14-;;/m0../s1. The molecule has 2 rings (SSSR count). The zero-order valence-corrected chi connectivity index (χ0v) is 15.0. The van der Waals surface area contributed by atoms with Gasteiger partial charge in [0.2, 0.25) is 5.91 Å². The smallest absolute Gasteiger partial charge is 0.239 e. The summed E-state index contributed by atoms with van der Waals surface area (Å²) in [5, 5.41) is 2.98. The maximum atomic E-state index is 12.2. The number of carbonyl (C=O) groups excluding carboxylic acids is 1. The van der Waals surface area contributed by atoms with Crippen LogP contribution in [0.1, 0.15) is 16.3 Å². The molecule has 0 spiro atoms. The SMILES string of the molecule is Cc1nc(CN(C)C(=O)[C@@H](N)Cc2ccccc2)cs1.Cl.Cl. The Hall–Kier alpha value is -1.14. The number of nitrogens with two attached hydrogens (primary N) is 1. The molecule has 2 aromatic rings. The largest absolute Gasteiger partial charge is 0.338 e. The van der Waals surface area contributed by atoms with Crippen molar-refractivity contribution >= 4 is 42.1 Å². The van der Waals surface area contributed by atoms with Crippen molar-refractivity contribution in [2.45, 2.75) is 25.9 Å². The molecule has 0 saturated heterocycles. The summed E-state index contributed by atoms with van der Waals surface area (Å²) in [6.07, 6.45) is 0.556. The van der Waals surface area contributed by atoms with E-state index in [1.54, 1.807) is 23.3 Å². The number of aryl methyl sites for hydroxylation is 1. The van der Waals surface area contributed by atoms with Gasteiger partial charge in [0, 0.05) is 12.4 Å². The Balaban J connectivity index is 0.00000220. The van der Waals surface area contributed by atoms with Crippen LogP contribution in [-0.2, 0) is 17.8 Å². The Labute approximate surface area is 147 Å². The van der Waals surface area contributed by atoms with E-state index in [1.807, 2.05) is 42.6 Å². The van der Waals surface area contributed by atoms with Crippen LogP contribution in [0.15, 0.2) is 35.7 Å². The minimum atomic E-state index is -0.512. The molecule has 0 aliphatic rings. The van der Waals surface area contributed by atoms with E-state index in [-0.39, 0.29) is 30.7 Å². The molecule has 7 heteroatoms. The number of carbonyl (C=O) groups is 1. The molecule has 1 atom stereocenters. The molecule has 0 saturated carbocycles. The van der Waals surface area contributed by atoms with Crippen LogP contribution in [0.25, 0.3) is 0 Å². The number of halogens is 2. The number of hydrogen-bond donors (Lipinski definition) is 1. The van der Waals surface area contributed by atoms with E-state index in [0.29, 0.717) is 13.0 Å². The molecule has 0 fully saturated rings. The van der Waals surface area contributed by atoms with Crippen LogP contribution in [0.5, 0.6) is 0 Å². The normalized spacial score (nSPS) is 11.0. The van der Waals surface area contributed by atoms with Crippen LogP contribution in [-0.4, -0.2) is 28.9 Å². The van der Waals surface area contributed by atoms with Crippen LogP contribution in [0.2, 0.25) is 0 Å². The highest BCUT2D eigenvalue weighted by molar-refractivity contribution is 7.09. The summed E-state index contributed by atoms with van der Waals surface area (Å²) >= 11 is 1.59. The van der Waals surface area contributed by atoms with E-state index in [2.05, 4.69) is 4.98 Å². The molecular weight excluding hydrogens is 341 g/mol. The Morgan fingerprint density at radius 3 is 2.50 bits per heavy atom. The van der Waals surface area contributed by atoms with Crippen molar-refractivity contribution in [1.29, 1.82) is 0 Å². The van der Waals surface area contributed by atoms with Crippen molar-refractivity contribution in [2.24, 2.45) is 5.73 Å². The average Bonchev–Trinajstić information content (AvgIpc) is 2.84. The molecule has 122 valence electrons. The lowest BCUT2D eigenvalue weighted by Gasteiger charge is -2.20. The number of likely N-dealkylation sites (N-methyl/N-ethyl adjacent to an activating group) is 1. The molecule has 2 N–H and O–H groups in total. The number of amides is 1. The van der Waals surface area contributed by atoms with E-state index in [0.717, 1.165) is 16.3 Å². The summed E-state index contributed by atoms with van der Waals surface area (Å²) in [6, 6.07) is 9.31. The van der Waals surface area contributed by atoms with Gasteiger partial charge in [-0.05, 0) is 18.9 Å². The molecule has 1 aromatic carbocycles. The average molecular weight is 362 g/mol. The van der Waals surface area contributed by atoms with Crippen molar-refractivity contribution in [3.05, 3.63) is 52.0 Å². The summed E-state index contributed by atoms with van der Waals surface area (Å²) < 4.78 is 0. The third-order valence-electron chi connectivity index (χ3n) is 3.06. The predicted octanol–water partition coefficient (Wildman–Crippen LogP) is 2.82. The van der Waals surface area contributed by atoms with Gasteiger partial charge in [-0.3, -0.25) is 4.79 Å². The highest BCUT2D eigenvalue weighted by atomic mass is 35.5. The Morgan fingerprint density at radius 1 is 1.32 bits per heavy atom. The fourth-order valence-corrected chi connectivity index (χ4v) is 2.64. The molecule has 1 amide bonds. The maximum absolute atomic E-state index is 12.2. The molecule has 0 radical (unpaired) electrons. The summed E-state index contributed by atoms with van der Waals surface area (Å²) in [4.78, 5) is 18.2. The number of aromatic nitrogens is 1. The second kappa shape index (κ2) is 9.79. The van der Waals surface area contributed by atoms with Gasteiger partial charge in [-0.1, -0.05) is 30.3 Å².